The third kappa shape index (κ3) is 8.97. The molecule has 0 saturated carbocycles. The maximum absolute atomic E-state index is 14.7. The molecule has 0 bridgehead atoms. The van der Waals surface area contributed by atoms with Gasteiger partial charge in [0.05, 0.1) is 29.0 Å². The highest BCUT2D eigenvalue weighted by atomic mass is 32.2. The van der Waals surface area contributed by atoms with Crippen LogP contribution in [0.2, 0.25) is 0 Å². The molecule has 3 heterocycles. The number of alkyl halides is 5. The van der Waals surface area contributed by atoms with Gasteiger partial charge in [-0.15, -0.1) is 11.3 Å². The number of likely N-dealkylation sites (tertiary alicyclic amines) is 1. The lowest BCUT2D eigenvalue weighted by Gasteiger charge is -2.38. The van der Waals surface area contributed by atoms with Crippen molar-refractivity contribution in [3.05, 3.63) is 53.7 Å². The molecule has 1 aliphatic rings. The van der Waals surface area contributed by atoms with E-state index in [1.54, 1.807) is 52.0 Å². The van der Waals surface area contributed by atoms with Gasteiger partial charge >= 0.3 is 12.3 Å². The molecule has 4 aromatic rings. The zero-order chi connectivity index (χ0) is 35.1. The first-order valence-corrected chi connectivity index (χ1v) is 16.9. The first-order valence-electron chi connectivity index (χ1n) is 14.5. The number of carbonyl (C=O) groups is 1. The number of nitrogens with one attached hydrogen (secondary N) is 2. The number of hydrogen-bond acceptors (Lipinski definition) is 10. The molecular formula is C30H31F5N6O5S2. The number of nitrogens with zero attached hydrogens (tertiary/aromatic N) is 4. The number of carbonyl (C=O) groups excluding carboxylic acids is 1. The summed E-state index contributed by atoms with van der Waals surface area (Å²) in [5.74, 6) is -4.85. The highest BCUT2D eigenvalue weighted by Gasteiger charge is 2.43. The average molecular weight is 715 g/mol. The van der Waals surface area contributed by atoms with E-state index in [-0.39, 0.29) is 35.2 Å². The second kappa shape index (κ2) is 12.9. The molecule has 0 spiro atoms. The number of benzene rings is 2. The monoisotopic (exact) mass is 714 g/mol. The number of fused-ring (bicyclic) bond motifs is 1. The first kappa shape index (κ1) is 35.0. The van der Waals surface area contributed by atoms with Crippen LogP contribution in [0.25, 0.3) is 21.3 Å². The van der Waals surface area contributed by atoms with Gasteiger partial charge in [-0.2, -0.15) is 13.2 Å². The third-order valence-corrected chi connectivity index (χ3v) is 8.91. The Morgan fingerprint density at radius 2 is 1.79 bits per heavy atom. The smallest absolute Gasteiger partial charge is 0.410 e. The Bertz CT molecular complexity index is 1930. The Morgan fingerprint density at radius 1 is 1.08 bits per heavy atom. The predicted octanol–water partition coefficient (Wildman–Crippen LogP) is 7.21. The number of piperidine rings is 1. The van der Waals surface area contributed by atoms with E-state index in [4.69, 9.17) is 9.47 Å². The summed E-state index contributed by atoms with van der Waals surface area (Å²) in [4.78, 5) is 27.1. The van der Waals surface area contributed by atoms with Gasteiger partial charge in [-0.3, -0.25) is 4.72 Å². The summed E-state index contributed by atoms with van der Waals surface area (Å²) in [5, 5.41) is 4.16. The predicted molar refractivity (Wildman–Crippen MR) is 170 cm³/mol. The van der Waals surface area contributed by atoms with Crippen LogP contribution in [0.3, 0.4) is 0 Å². The van der Waals surface area contributed by atoms with Crippen molar-refractivity contribution in [1.82, 2.24) is 19.9 Å². The molecule has 1 saturated heterocycles. The average Bonchev–Trinajstić information content (AvgIpc) is 3.31. The molecule has 48 heavy (non-hydrogen) atoms. The second-order valence-corrected chi connectivity index (χ2v) is 15.1. The molecule has 0 aliphatic carbocycles. The lowest BCUT2D eigenvalue weighted by Crippen LogP contribution is -2.54. The summed E-state index contributed by atoms with van der Waals surface area (Å²) < 4.78 is 106. The van der Waals surface area contributed by atoms with Crippen LogP contribution in [0.4, 0.5) is 38.4 Å². The van der Waals surface area contributed by atoms with Crippen molar-refractivity contribution >= 4 is 49.9 Å². The zero-order valence-electron chi connectivity index (χ0n) is 26.1. The van der Waals surface area contributed by atoms with Gasteiger partial charge in [-0.05, 0) is 45.9 Å². The Hall–Kier alpha value is -4.32. The summed E-state index contributed by atoms with van der Waals surface area (Å²) in [7, 11) is -4.74. The van der Waals surface area contributed by atoms with Gasteiger partial charge in [0.2, 0.25) is 21.9 Å². The van der Waals surface area contributed by atoms with E-state index in [0.29, 0.717) is 21.0 Å². The molecule has 2 N–H and O–H groups in total. The molecule has 1 amide bonds. The number of anilines is 2. The number of sulfonamides is 1. The summed E-state index contributed by atoms with van der Waals surface area (Å²) in [6.45, 7) is 5.81. The number of hydrogen-bond donors (Lipinski definition) is 2. The minimum Gasteiger partial charge on any atom is -0.444 e. The molecule has 1 fully saturated rings. The summed E-state index contributed by atoms with van der Waals surface area (Å²) in [6.07, 6.45) is -4.93. The van der Waals surface area contributed by atoms with Crippen molar-refractivity contribution in [1.29, 1.82) is 0 Å². The molecule has 1 aliphatic heterocycles. The van der Waals surface area contributed by atoms with Gasteiger partial charge in [0.15, 0.2) is 5.75 Å². The van der Waals surface area contributed by atoms with Crippen LogP contribution in [-0.4, -0.2) is 76.9 Å². The van der Waals surface area contributed by atoms with Crippen molar-refractivity contribution in [2.24, 2.45) is 0 Å². The summed E-state index contributed by atoms with van der Waals surface area (Å²) >= 11 is 1.23. The molecule has 0 radical (unpaired) electrons. The second-order valence-electron chi connectivity index (χ2n) is 12.1. The molecule has 258 valence electrons. The SMILES string of the molecule is Cc1nc(Oc2ccc(NS(=O)(=O)CC(F)(F)F)c3ccccc23)c(-c2ccnc(N[C@@H]3CN(C(=O)OC(C)(C)C)CC(F)(F)C3)n2)s1. The number of amides is 1. The number of rotatable bonds is 8. The zero-order valence-corrected chi connectivity index (χ0v) is 27.7. The molecule has 2 aromatic carbocycles. The highest BCUT2D eigenvalue weighted by Crippen LogP contribution is 2.41. The van der Waals surface area contributed by atoms with Crippen LogP contribution < -0.4 is 14.8 Å². The van der Waals surface area contributed by atoms with Crippen LogP contribution >= 0.6 is 11.3 Å². The fourth-order valence-corrected chi connectivity index (χ4v) is 6.84. The minimum atomic E-state index is -4.93. The topological polar surface area (TPSA) is 136 Å². The fraction of sp³-hybridized carbons (Fsp3) is 0.400. The van der Waals surface area contributed by atoms with Crippen molar-refractivity contribution in [2.75, 3.05) is 28.9 Å². The molecule has 5 rings (SSSR count). The Morgan fingerprint density at radius 3 is 2.48 bits per heavy atom. The standard InChI is InChI=1S/C30H31F5N6O5S2/c1-17-37-25(45-23-10-9-21(19-7-5-6-8-20(19)23)40-48(43,44)16-30(33,34)35)24(47-17)22-11-12-36-26(39-22)38-18-13-29(31,32)15-41(14-18)27(42)46-28(2,3)4/h5-12,18,40H,13-16H2,1-4H3,(H,36,38,39)/t18-/m0/s1. The number of aromatic nitrogens is 3. The van der Waals surface area contributed by atoms with E-state index in [2.05, 4.69) is 20.3 Å². The normalized spacial score (nSPS) is 16.9. The number of halogens is 5. The Kier molecular flexibility index (Phi) is 9.44. The van der Waals surface area contributed by atoms with Crippen molar-refractivity contribution in [3.63, 3.8) is 0 Å². The van der Waals surface area contributed by atoms with E-state index in [1.165, 1.54) is 35.7 Å². The van der Waals surface area contributed by atoms with Crippen LogP contribution in [-0.2, 0) is 14.8 Å². The Balaban J connectivity index is 1.39. The van der Waals surface area contributed by atoms with E-state index in [1.807, 2.05) is 4.72 Å². The lowest BCUT2D eigenvalue weighted by molar-refractivity contribution is -0.106. The molecule has 2 aromatic heterocycles. The van der Waals surface area contributed by atoms with Crippen LogP contribution in [0.1, 0.15) is 32.2 Å². The van der Waals surface area contributed by atoms with Gasteiger partial charge in [0, 0.05) is 29.9 Å². The number of aryl methyl sites for hydroxylation is 1. The van der Waals surface area contributed by atoms with Crippen molar-refractivity contribution in [3.8, 4) is 22.2 Å². The lowest BCUT2D eigenvalue weighted by atomic mass is 10.0. The van der Waals surface area contributed by atoms with E-state index < -0.39 is 58.6 Å². The van der Waals surface area contributed by atoms with Crippen LogP contribution in [0.5, 0.6) is 11.6 Å². The van der Waals surface area contributed by atoms with Crippen LogP contribution in [0, 0.1) is 6.92 Å². The Labute approximate surface area is 276 Å². The summed E-state index contributed by atoms with van der Waals surface area (Å²) in [6, 6.07) is 9.75. The van der Waals surface area contributed by atoms with Crippen LogP contribution in [0.15, 0.2) is 48.7 Å². The number of ether oxygens (including phenoxy) is 2. The van der Waals surface area contributed by atoms with E-state index in [9.17, 15) is 35.2 Å². The van der Waals surface area contributed by atoms with Gasteiger partial charge < -0.3 is 19.7 Å². The van der Waals surface area contributed by atoms with E-state index in [0.717, 1.165) is 4.90 Å². The maximum atomic E-state index is 14.7. The molecule has 1 atom stereocenters. The fourth-order valence-electron chi connectivity index (χ4n) is 5.01. The van der Waals surface area contributed by atoms with Crippen molar-refractivity contribution in [2.45, 2.75) is 57.9 Å². The number of thiazole rings is 1. The summed E-state index contributed by atoms with van der Waals surface area (Å²) in [5.41, 5.74) is -0.582. The van der Waals surface area contributed by atoms with Gasteiger partial charge in [0.25, 0.3) is 5.92 Å². The molecule has 18 heteroatoms. The molecular weight excluding hydrogens is 683 g/mol. The van der Waals surface area contributed by atoms with Gasteiger partial charge in [-0.25, -0.2) is 36.9 Å². The first-order chi connectivity index (χ1) is 22.3. The third-order valence-electron chi connectivity index (χ3n) is 6.69. The highest BCUT2D eigenvalue weighted by molar-refractivity contribution is 7.92. The van der Waals surface area contributed by atoms with Gasteiger partial charge in [0.1, 0.15) is 16.2 Å². The minimum absolute atomic E-state index is 0.0253. The van der Waals surface area contributed by atoms with Gasteiger partial charge in [-0.1, -0.05) is 24.3 Å². The molecule has 11 nitrogen and oxygen atoms in total. The van der Waals surface area contributed by atoms with E-state index >= 15 is 0 Å². The molecule has 0 unspecified atom stereocenters. The maximum Gasteiger partial charge on any atom is 0.410 e. The largest absolute Gasteiger partial charge is 0.444 e. The van der Waals surface area contributed by atoms with Crippen molar-refractivity contribution < 1.29 is 44.6 Å². The quantitative estimate of drug-likeness (QED) is 0.182.